The van der Waals surface area contributed by atoms with Crippen molar-refractivity contribution in [3.8, 4) is 0 Å². The minimum absolute atomic E-state index is 0.256. The van der Waals surface area contributed by atoms with Gasteiger partial charge >= 0.3 is 0 Å². The molecule has 0 bridgehead atoms. The first-order chi connectivity index (χ1) is 9.36. The molecule has 0 saturated carbocycles. The van der Waals surface area contributed by atoms with Gasteiger partial charge in [0.1, 0.15) is 5.82 Å². The van der Waals surface area contributed by atoms with Gasteiger partial charge in [-0.15, -0.1) is 0 Å². The molecule has 2 nitrogen and oxygen atoms in total. The summed E-state index contributed by atoms with van der Waals surface area (Å²) in [6.07, 6.45) is 1.46. The highest BCUT2D eigenvalue weighted by molar-refractivity contribution is 5.18. The topological polar surface area (TPSA) is 23.5 Å². The molecule has 1 N–H and O–H groups in total. The Morgan fingerprint density at radius 2 is 1.95 bits per heavy atom. The predicted octanol–water partition coefficient (Wildman–Crippen LogP) is 3.62. The molecule has 0 aromatic heterocycles. The van der Waals surface area contributed by atoms with Gasteiger partial charge in [0.25, 0.3) is 0 Å². The van der Waals surface area contributed by atoms with E-state index in [0.717, 1.165) is 31.1 Å². The van der Waals surface area contributed by atoms with Crippen molar-refractivity contribution < 1.29 is 9.50 Å². The number of hydrogen-bond acceptors (Lipinski definition) is 2. The lowest BCUT2D eigenvalue weighted by Crippen LogP contribution is -2.27. The van der Waals surface area contributed by atoms with Crippen LogP contribution < -0.4 is 0 Å². The Morgan fingerprint density at radius 1 is 1.30 bits per heavy atom. The Bertz CT molecular complexity index is 424. The highest BCUT2D eigenvalue weighted by atomic mass is 19.1. The monoisotopic (exact) mass is 279 g/mol. The van der Waals surface area contributed by atoms with Gasteiger partial charge in [-0.2, -0.15) is 0 Å². The lowest BCUT2D eigenvalue weighted by molar-refractivity contribution is 0.144. The Morgan fingerprint density at radius 3 is 2.50 bits per heavy atom. The zero-order chi connectivity index (χ0) is 14.8. The molecule has 0 spiro atoms. The Hall–Kier alpha value is -0.930. The van der Waals surface area contributed by atoms with Crippen LogP contribution in [0.3, 0.4) is 0 Å². The van der Waals surface area contributed by atoms with Crippen LogP contribution in [0.25, 0.3) is 0 Å². The summed E-state index contributed by atoms with van der Waals surface area (Å²) >= 11 is 0. The number of aliphatic hydroxyl groups excluding tert-OH is 1. The van der Waals surface area contributed by atoms with Crippen molar-refractivity contribution >= 4 is 0 Å². The normalized spacial score (nSPS) is 22.1. The van der Waals surface area contributed by atoms with E-state index in [2.05, 4.69) is 25.7 Å². The lowest BCUT2D eigenvalue weighted by atomic mass is 9.80. The van der Waals surface area contributed by atoms with Crippen LogP contribution >= 0.6 is 0 Å². The Labute approximate surface area is 121 Å². The van der Waals surface area contributed by atoms with Crippen molar-refractivity contribution in [1.82, 2.24) is 4.90 Å². The molecule has 3 heteroatoms. The van der Waals surface area contributed by atoms with E-state index in [-0.39, 0.29) is 5.82 Å². The van der Waals surface area contributed by atoms with Crippen LogP contribution in [-0.4, -0.2) is 29.6 Å². The second-order valence-corrected chi connectivity index (χ2v) is 7.01. The molecule has 2 atom stereocenters. The highest BCUT2D eigenvalue weighted by Gasteiger charge is 2.31. The second kappa shape index (κ2) is 6.23. The van der Waals surface area contributed by atoms with Gasteiger partial charge in [0.05, 0.1) is 6.10 Å². The number of hydrogen-bond donors (Lipinski definition) is 1. The molecule has 1 fully saturated rings. The maximum absolute atomic E-state index is 12.8. The quantitative estimate of drug-likeness (QED) is 0.910. The zero-order valence-electron chi connectivity index (χ0n) is 12.8. The molecule has 1 aromatic carbocycles. The van der Waals surface area contributed by atoms with E-state index < -0.39 is 6.10 Å². The van der Waals surface area contributed by atoms with Gasteiger partial charge < -0.3 is 10.0 Å². The Kier molecular flexibility index (Phi) is 4.82. The van der Waals surface area contributed by atoms with Crippen LogP contribution in [0, 0.1) is 17.2 Å². The summed E-state index contributed by atoms with van der Waals surface area (Å²) in [5, 5.41) is 10.1. The van der Waals surface area contributed by atoms with E-state index >= 15 is 0 Å². The van der Waals surface area contributed by atoms with Crippen LogP contribution in [0.4, 0.5) is 4.39 Å². The number of nitrogens with zero attached hydrogens (tertiary/aromatic N) is 1. The molecule has 0 aliphatic carbocycles. The maximum Gasteiger partial charge on any atom is 0.123 e. The number of benzene rings is 1. The van der Waals surface area contributed by atoms with Crippen LogP contribution in [0.15, 0.2) is 24.3 Å². The molecule has 1 aromatic rings. The van der Waals surface area contributed by atoms with Gasteiger partial charge in [-0.25, -0.2) is 4.39 Å². The number of likely N-dealkylation sites (tertiary alicyclic amines) is 1. The number of aliphatic hydroxyl groups is 1. The summed E-state index contributed by atoms with van der Waals surface area (Å²) in [5.74, 6) is 0.485. The van der Waals surface area contributed by atoms with Crippen LogP contribution in [0.5, 0.6) is 0 Å². The molecule has 112 valence electrons. The Balaban J connectivity index is 1.80. The first-order valence-corrected chi connectivity index (χ1v) is 7.52. The molecule has 2 rings (SSSR count). The van der Waals surface area contributed by atoms with Crippen molar-refractivity contribution in [2.45, 2.75) is 39.7 Å². The van der Waals surface area contributed by atoms with Crippen LogP contribution in [-0.2, 0) is 0 Å². The van der Waals surface area contributed by atoms with Crippen LogP contribution in [0.2, 0.25) is 0 Å². The predicted molar refractivity (Wildman–Crippen MR) is 80.0 cm³/mol. The summed E-state index contributed by atoms with van der Waals surface area (Å²) in [4.78, 5) is 2.43. The number of rotatable bonds is 4. The van der Waals surface area contributed by atoms with E-state index in [4.69, 9.17) is 0 Å². The van der Waals surface area contributed by atoms with Gasteiger partial charge in [0.15, 0.2) is 0 Å². The lowest BCUT2D eigenvalue weighted by Gasteiger charge is -2.27. The molecule has 1 saturated heterocycles. The molecule has 20 heavy (non-hydrogen) atoms. The van der Waals surface area contributed by atoms with Gasteiger partial charge in [0, 0.05) is 13.1 Å². The van der Waals surface area contributed by atoms with Gasteiger partial charge in [-0.05, 0) is 48.4 Å². The minimum atomic E-state index is -0.496. The third-order valence-electron chi connectivity index (χ3n) is 4.47. The molecule has 0 radical (unpaired) electrons. The summed E-state index contributed by atoms with van der Waals surface area (Å²) in [7, 11) is 0. The van der Waals surface area contributed by atoms with Crippen LogP contribution in [0.1, 0.15) is 45.3 Å². The summed E-state index contributed by atoms with van der Waals surface area (Å²) in [5.41, 5.74) is 1.17. The van der Waals surface area contributed by atoms with Gasteiger partial charge in [0.2, 0.25) is 0 Å². The highest BCUT2D eigenvalue weighted by Crippen LogP contribution is 2.33. The SMILES string of the molecule is CC(C)(C)C1CCN(CCC(O)c2ccc(F)cc2)C1. The third kappa shape index (κ3) is 4.03. The summed E-state index contributed by atoms with van der Waals surface area (Å²) < 4.78 is 12.8. The van der Waals surface area contributed by atoms with Crippen molar-refractivity contribution in [3.05, 3.63) is 35.6 Å². The largest absolute Gasteiger partial charge is 0.388 e. The van der Waals surface area contributed by atoms with Crippen molar-refractivity contribution in [3.63, 3.8) is 0 Å². The summed E-state index contributed by atoms with van der Waals surface area (Å²) in [6, 6.07) is 6.15. The van der Waals surface area contributed by atoms with E-state index in [0.29, 0.717) is 11.8 Å². The fraction of sp³-hybridized carbons (Fsp3) is 0.647. The van der Waals surface area contributed by atoms with Crippen molar-refractivity contribution in [1.29, 1.82) is 0 Å². The molecular formula is C17H26FNO. The minimum Gasteiger partial charge on any atom is -0.388 e. The molecule has 1 aliphatic heterocycles. The molecular weight excluding hydrogens is 253 g/mol. The second-order valence-electron chi connectivity index (χ2n) is 7.01. The average Bonchev–Trinajstić information content (AvgIpc) is 2.85. The molecule has 0 amide bonds. The summed E-state index contributed by atoms with van der Waals surface area (Å²) in [6.45, 7) is 10.1. The number of halogens is 1. The van der Waals surface area contributed by atoms with Gasteiger partial charge in [-0.1, -0.05) is 32.9 Å². The average molecular weight is 279 g/mol. The first kappa shape index (κ1) is 15.5. The van der Waals surface area contributed by atoms with E-state index in [1.807, 2.05) is 0 Å². The maximum atomic E-state index is 12.8. The molecule has 2 unspecified atom stereocenters. The third-order valence-corrected chi connectivity index (χ3v) is 4.47. The van der Waals surface area contributed by atoms with E-state index in [1.54, 1.807) is 12.1 Å². The molecule has 1 heterocycles. The fourth-order valence-corrected chi connectivity index (χ4v) is 2.90. The first-order valence-electron chi connectivity index (χ1n) is 7.52. The smallest absolute Gasteiger partial charge is 0.123 e. The van der Waals surface area contributed by atoms with Gasteiger partial charge in [-0.3, -0.25) is 0 Å². The standard InChI is InChI=1S/C17H26FNO/c1-17(2,3)14-8-10-19(12-14)11-9-16(20)13-4-6-15(18)7-5-13/h4-7,14,16,20H,8-12H2,1-3H3. The zero-order valence-corrected chi connectivity index (χ0v) is 12.8. The van der Waals surface area contributed by atoms with E-state index in [1.165, 1.54) is 18.6 Å². The van der Waals surface area contributed by atoms with Crippen molar-refractivity contribution in [2.24, 2.45) is 11.3 Å². The van der Waals surface area contributed by atoms with Crippen molar-refractivity contribution in [2.75, 3.05) is 19.6 Å². The fourth-order valence-electron chi connectivity index (χ4n) is 2.90. The molecule has 1 aliphatic rings. The van der Waals surface area contributed by atoms with E-state index in [9.17, 15) is 9.50 Å².